The fourth-order valence-corrected chi connectivity index (χ4v) is 2.79. The van der Waals surface area contributed by atoms with Gasteiger partial charge < -0.3 is 10.6 Å². The maximum atomic E-state index is 12.1. The van der Waals surface area contributed by atoms with E-state index in [0.717, 1.165) is 16.5 Å². The molecule has 1 atom stereocenters. The Balaban J connectivity index is 1.67. The van der Waals surface area contributed by atoms with Crippen molar-refractivity contribution in [2.75, 3.05) is 5.32 Å². The number of rotatable bonds is 3. The lowest BCUT2D eigenvalue weighted by atomic mass is 10.1. The van der Waals surface area contributed by atoms with E-state index in [9.17, 15) is 9.59 Å². The molecule has 0 bridgehead atoms. The molecule has 0 unspecified atom stereocenters. The van der Waals surface area contributed by atoms with Crippen LogP contribution in [0.25, 0.3) is 10.9 Å². The van der Waals surface area contributed by atoms with E-state index >= 15 is 0 Å². The van der Waals surface area contributed by atoms with Gasteiger partial charge in [-0.15, -0.1) is 0 Å². The number of nitrogens with zero attached hydrogens (tertiary/aromatic N) is 1. The molecular weight excluding hydrogens is 338 g/mol. The van der Waals surface area contributed by atoms with Crippen molar-refractivity contribution in [1.29, 1.82) is 0 Å². The number of anilines is 1. The standard InChI is InChI=1S/C19H16ClN3O2/c1-12(15-7-3-4-8-16(15)20)22-18(24)19(25)23-14-10-13-6-2-5-9-17(13)21-11-14/h2-12H,1H3,(H,22,24)(H,23,25)/t12-/m0/s1. The van der Waals surface area contributed by atoms with Crippen LogP contribution in [0.2, 0.25) is 5.02 Å². The first kappa shape index (κ1) is 16.9. The highest BCUT2D eigenvalue weighted by atomic mass is 35.5. The van der Waals surface area contributed by atoms with Crippen molar-refractivity contribution < 1.29 is 9.59 Å². The first-order valence-corrected chi connectivity index (χ1v) is 8.13. The molecule has 0 aliphatic carbocycles. The van der Waals surface area contributed by atoms with Crippen LogP contribution in [0.4, 0.5) is 5.69 Å². The highest BCUT2D eigenvalue weighted by Crippen LogP contribution is 2.22. The Bertz CT molecular complexity index is 943. The molecule has 126 valence electrons. The van der Waals surface area contributed by atoms with Gasteiger partial charge in [-0.25, -0.2) is 0 Å². The smallest absolute Gasteiger partial charge is 0.313 e. The molecule has 0 saturated heterocycles. The summed E-state index contributed by atoms with van der Waals surface area (Å²) in [5.41, 5.74) is 2.03. The minimum absolute atomic E-state index is 0.387. The van der Waals surface area contributed by atoms with Gasteiger partial charge >= 0.3 is 11.8 Å². The third kappa shape index (κ3) is 3.95. The van der Waals surface area contributed by atoms with Crippen LogP contribution in [-0.4, -0.2) is 16.8 Å². The average Bonchev–Trinajstić information content (AvgIpc) is 2.61. The number of hydrogen-bond acceptors (Lipinski definition) is 3. The van der Waals surface area contributed by atoms with Gasteiger partial charge in [-0.3, -0.25) is 14.6 Å². The normalized spacial score (nSPS) is 11.8. The van der Waals surface area contributed by atoms with E-state index < -0.39 is 11.8 Å². The summed E-state index contributed by atoms with van der Waals surface area (Å²) in [6.07, 6.45) is 1.52. The van der Waals surface area contributed by atoms with Gasteiger partial charge in [0, 0.05) is 10.4 Å². The maximum absolute atomic E-state index is 12.1. The predicted molar refractivity (Wildman–Crippen MR) is 98.4 cm³/mol. The summed E-state index contributed by atoms with van der Waals surface area (Å²) in [6.45, 7) is 1.77. The van der Waals surface area contributed by atoms with Crippen molar-refractivity contribution >= 4 is 40.0 Å². The van der Waals surface area contributed by atoms with E-state index in [1.54, 1.807) is 31.2 Å². The van der Waals surface area contributed by atoms with Crippen LogP contribution in [0.15, 0.2) is 60.8 Å². The van der Waals surface area contributed by atoms with E-state index in [0.29, 0.717) is 10.7 Å². The molecule has 0 aliphatic heterocycles. The van der Waals surface area contributed by atoms with Crippen molar-refractivity contribution in [3.63, 3.8) is 0 Å². The molecule has 0 spiro atoms. The summed E-state index contributed by atoms with van der Waals surface area (Å²) in [4.78, 5) is 28.5. The van der Waals surface area contributed by atoms with Crippen molar-refractivity contribution in [2.45, 2.75) is 13.0 Å². The molecule has 6 heteroatoms. The van der Waals surface area contributed by atoms with Crippen LogP contribution < -0.4 is 10.6 Å². The van der Waals surface area contributed by atoms with Crippen LogP contribution in [-0.2, 0) is 9.59 Å². The second kappa shape index (κ2) is 7.32. The number of para-hydroxylation sites is 1. The fraction of sp³-hybridized carbons (Fsp3) is 0.105. The van der Waals surface area contributed by atoms with E-state index in [2.05, 4.69) is 15.6 Å². The van der Waals surface area contributed by atoms with E-state index in [1.165, 1.54) is 6.20 Å². The lowest BCUT2D eigenvalue weighted by molar-refractivity contribution is -0.136. The second-order valence-corrected chi connectivity index (χ2v) is 5.99. The molecular formula is C19H16ClN3O2. The third-order valence-electron chi connectivity index (χ3n) is 3.77. The van der Waals surface area contributed by atoms with E-state index in [-0.39, 0.29) is 6.04 Å². The molecule has 2 aromatic carbocycles. The summed E-state index contributed by atoms with van der Waals surface area (Å²) in [5, 5.41) is 6.61. The van der Waals surface area contributed by atoms with Crippen molar-refractivity contribution in [3.05, 3.63) is 71.4 Å². The predicted octanol–water partition coefficient (Wildman–Crippen LogP) is 3.70. The highest BCUT2D eigenvalue weighted by molar-refractivity contribution is 6.39. The van der Waals surface area contributed by atoms with Gasteiger partial charge in [0.25, 0.3) is 0 Å². The van der Waals surface area contributed by atoms with Gasteiger partial charge in [-0.1, -0.05) is 48.0 Å². The number of nitrogens with one attached hydrogen (secondary N) is 2. The molecule has 1 aromatic heterocycles. The third-order valence-corrected chi connectivity index (χ3v) is 4.12. The number of benzene rings is 2. The fourth-order valence-electron chi connectivity index (χ4n) is 2.49. The van der Waals surface area contributed by atoms with Gasteiger partial charge in [0.1, 0.15) is 0 Å². The molecule has 3 aromatic rings. The summed E-state index contributed by atoms with van der Waals surface area (Å²) in [6, 6.07) is 16.1. The van der Waals surface area contributed by atoms with Gasteiger partial charge in [0.05, 0.1) is 23.4 Å². The van der Waals surface area contributed by atoms with Gasteiger partial charge in [0.2, 0.25) is 0 Å². The average molecular weight is 354 g/mol. The van der Waals surface area contributed by atoms with Crippen LogP contribution >= 0.6 is 11.6 Å². The zero-order chi connectivity index (χ0) is 17.8. The molecule has 0 radical (unpaired) electrons. The number of carbonyl (C=O) groups excluding carboxylic acids is 2. The number of halogens is 1. The number of hydrogen-bond donors (Lipinski definition) is 2. The molecule has 1 heterocycles. The molecule has 0 aliphatic rings. The monoisotopic (exact) mass is 353 g/mol. The Kier molecular flexibility index (Phi) is 4.95. The number of carbonyl (C=O) groups is 2. The Labute approximate surface area is 150 Å². The Hall–Kier alpha value is -2.92. The minimum atomic E-state index is -0.754. The van der Waals surface area contributed by atoms with E-state index in [4.69, 9.17) is 11.6 Å². The van der Waals surface area contributed by atoms with Crippen molar-refractivity contribution in [2.24, 2.45) is 0 Å². The number of aromatic nitrogens is 1. The van der Waals surface area contributed by atoms with Crippen LogP contribution in [0.3, 0.4) is 0 Å². The highest BCUT2D eigenvalue weighted by Gasteiger charge is 2.18. The number of pyridine rings is 1. The summed E-state index contributed by atoms with van der Waals surface area (Å²) in [7, 11) is 0. The Morgan fingerprint density at radius 2 is 1.76 bits per heavy atom. The molecule has 3 rings (SSSR count). The Morgan fingerprint density at radius 3 is 2.56 bits per heavy atom. The van der Waals surface area contributed by atoms with Crippen LogP contribution in [0, 0.1) is 0 Å². The molecule has 0 saturated carbocycles. The minimum Gasteiger partial charge on any atom is -0.341 e. The summed E-state index contributed by atoms with van der Waals surface area (Å²) >= 11 is 6.11. The maximum Gasteiger partial charge on any atom is 0.313 e. The van der Waals surface area contributed by atoms with Crippen molar-refractivity contribution in [1.82, 2.24) is 10.3 Å². The molecule has 25 heavy (non-hydrogen) atoms. The second-order valence-electron chi connectivity index (χ2n) is 5.59. The first-order valence-electron chi connectivity index (χ1n) is 7.75. The van der Waals surface area contributed by atoms with Crippen LogP contribution in [0.5, 0.6) is 0 Å². The Morgan fingerprint density at radius 1 is 1.04 bits per heavy atom. The molecule has 2 N–H and O–H groups in total. The van der Waals surface area contributed by atoms with Gasteiger partial charge in [-0.2, -0.15) is 0 Å². The molecule has 0 fully saturated rings. The van der Waals surface area contributed by atoms with Gasteiger partial charge in [-0.05, 0) is 30.7 Å². The first-order chi connectivity index (χ1) is 12.0. The zero-order valence-electron chi connectivity index (χ0n) is 13.5. The van der Waals surface area contributed by atoms with E-state index in [1.807, 2.05) is 30.3 Å². The van der Waals surface area contributed by atoms with Crippen LogP contribution in [0.1, 0.15) is 18.5 Å². The summed E-state index contributed by atoms with van der Waals surface area (Å²) in [5.74, 6) is -1.49. The summed E-state index contributed by atoms with van der Waals surface area (Å²) < 4.78 is 0. The quantitative estimate of drug-likeness (QED) is 0.705. The molecule has 5 nitrogen and oxygen atoms in total. The zero-order valence-corrected chi connectivity index (χ0v) is 14.2. The molecule has 2 amide bonds. The lowest BCUT2D eigenvalue weighted by Crippen LogP contribution is -2.37. The number of amides is 2. The van der Waals surface area contributed by atoms with Gasteiger partial charge in [0.15, 0.2) is 0 Å². The topological polar surface area (TPSA) is 71.1 Å². The lowest BCUT2D eigenvalue weighted by Gasteiger charge is -2.15. The SMILES string of the molecule is C[C@H](NC(=O)C(=O)Nc1cnc2ccccc2c1)c1ccccc1Cl. The largest absolute Gasteiger partial charge is 0.341 e. The van der Waals surface area contributed by atoms with Crippen molar-refractivity contribution in [3.8, 4) is 0 Å². The number of fused-ring (bicyclic) bond motifs is 1.